The van der Waals surface area contributed by atoms with Gasteiger partial charge in [0.2, 0.25) is 0 Å². The molecule has 8 heteroatoms. The summed E-state index contributed by atoms with van der Waals surface area (Å²) in [5.41, 5.74) is 0. The molecule has 0 aromatic heterocycles. The van der Waals surface area contributed by atoms with E-state index in [1.54, 1.807) is 0 Å². The first kappa shape index (κ1) is 10.1. The summed E-state index contributed by atoms with van der Waals surface area (Å²) in [6.07, 6.45) is 0. The minimum absolute atomic E-state index is 0.199. The highest BCUT2D eigenvalue weighted by molar-refractivity contribution is 5.72. The van der Waals surface area contributed by atoms with Crippen molar-refractivity contribution in [1.82, 2.24) is 5.01 Å². The van der Waals surface area contributed by atoms with Crippen LogP contribution in [0.1, 0.15) is 0 Å². The third-order valence-corrected chi connectivity index (χ3v) is 0.878. The lowest BCUT2D eigenvalue weighted by molar-refractivity contribution is -0.899. The maximum atomic E-state index is 10.1. The van der Waals surface area contributed by atoms with Crippen LogP contribution >= 0.6 is 0 Å². The average Bonchev–Trinajstić information content (AvgIpc) is 1.83. The number of hydrogen-bond donors (Lipinski definition) is 3. The summed E-state index contributed by atoms with van der Waals surface area (Å²) < 4.78 is 0. The van der Waals surface area contributed by atoms with E-state index in [4.69, 9.17) is 15.4 Å². The van der Waals surface area contributed by atoms with Gasteiger partial charge < -0.3 is 10.2 Å². The average molecular weight is 179 g/mol. The second kappa shape index (κ2) is 4.11. The van der Waals surface area contributed by atoms with Crippen molar-refractivity contribution < 1.29 is 30.0 Å². The Morgan fingerprint density at radius 3 is 1.67 bits per heavy atom. The van der Waals surface area contributed by atoms with Gasteiger partial charge in [-0.05, 0) is 0 Å². The van der Waals surface area contributed by atoms with Crippen molar-refractivity contribution in [3.63, 3.8) is 0 Å². The third-order valence-electron chi connectivity index (χ3n) is 0.878. The SMILES string of the molecule is O=C(O)CN(CC(=O)O)[N+](=O)O. The molecule has 0 bridgehead atoms. The maximum absolute atomic E-state index is 10.1. The summed E-state index contributed by atoms with van der Waals surface area (Å²) >= 11 is 0. The highest BCUT2D eigenvalue weighted by Gasteiger charge is 2.25. The van der Waals surface area contributed by atoms with Gasteiger partial charge in [-0.25, -0.2) is 5.21 Å². The Bertz CT molecular complexity index is 198. The molecule has 0 amide bonds. The third kappa shape index (κ3) is 4.04. The summed E-state index contributed by atoms with van der Waals surface area (Å²) in [5.74, 6) is -2.82. The lowest BCUT2D eigenvalue weighted by Gasteiger charge is -2.02. The summed E-state index contributed by atoms with van der Waals surface area (Å²) in [5, 5.41) is 23.8. The molecule has 0 aromatic carbocycles. The summed E-state index contributed by atoms with van der Waals surface area (Å²) in [6.45, 7) is -1.74. The second-order valence-corrected chi connectivity index (χ2v) is 1.86. The molecule has 8 nitrogen and oxygen atoms in total. The van der Waals surface area contributed by atoms with Crippen LogP contribution in [0.2, 0.25) is 0 Å². The first-order chi connectivity index (χ1) is 5.43. The molecule has 0 aliphatic rings. The topological polar surface area (TPSA) is 118 Å². The van der Waals surface area contributed by atoms with Gasteiger partial charge in [0, 0.05) is 0 Å². The molecule has 68 valence electrons. The fourth-order valence-electron chi connectivity index (χ4n) is 0.489. The minimum Gasteiger partial charge on any atom is -0.480 e. The standard InChI is InChI=1S/C4H6N2O6/c7-3(8)1-5(6(11)12)2-4(9)10/h1-2H2,(H2-,7,8,9,10,11,12)/p+1. The number of aliphatic carboxylic acids is 2. The first-order valence-electron chi connectivity index (χ1n) is 2.78. The quantitative estimate of drug-likeness (QED) is 0.441. The molecule has 0 rings (SSSR count). The lowest BCUT2D eigenvalue weighted by atomic mass is 10.5. The zero-order valence-corrected chi connectivity index (χ0v) is 5.88. The smallest absolute Gasteiger partial charge is 0.358 e. The van der Waals surface area contributed by atoms with E-state index in [-0.39, 0.29) is 5.01 Å². The van der Waals surface area contributed by atoms with Crippen LogP contribution in [-0.2, 0) is 9.59 Å². The lowest BCUT2D eigenvalue weighted by Crippen LogP contribution is -2.39. The highest BCUT2D eigenvalue weighted by atomic mass is 16.7. The molecule has 0 aliphatic heterocycles. The van der Waals surface area contributed by atoms with E-state index in [9.17, 15) is 14.5 Å². The molecule has 0 aliphatic carbocycles. The normalized spacial score (nSPS) is 9.00. The molecule has 0 fully saturated rings. The van der Waals surface area contributed by atoms with Gasteiger partial charge in [-0.1, -0.05) is 5.01 Å². The number of carbonyl (C=O) groups is 2. The molecule has 0 aromatic rings. The second-order valence-electron chi connectivity index (χ2n) is 1.86. The van der Waals surface area contributed by atoms with Crippen molar-refractivity contribution in [2.75, 3.05) is 13.1 Å². The van der Waals surface area contributed by atoms with Crippen LogP contribution in [0.15, 0.2) is 0 Å². The molecule has 0 saturated heterocycles. The molecule has 0 heterocycles. The minimum atomic E-state index is -1.41. The fourth-order valence-corrected chi connectivity index (χ4v) is 0.489. The van der Waals surface area contributed by atoms with Crippen LogP contribution < -0.4 is 0 Å². The molecule has 0 radical (unpaired) electrons. The monoisotopic (exact) mass is 179 g/mol. The van der Waals surface area contributed by atoms with Crippen LogP contribution in [0, 0.1) is 4.91 Å². The van der Waals surface area contributed by atoms with Gasteiger partial charge in [0.25, 0.3) is 0 Å². The zero-order valence-electron chi connectivity index (χ0n) is 5.88. The van der Waals surface area contributed by atoms with E-state index in [1.807, 2.05) is 0 Å². The van der Waals surface area contributed by atoms with E-state index >= 15 is 0 Å². The van der Waals surface area contributed by atoms with Crippen LogP contribution in [0.5, 0.6) is 0 Å². The molecule has 0 unspecified atom stereocenters. The molecule has 3 N–H and O–H groups in total. The van der Waals surface area contributed by atoms with E-state index < -0.39 is 30.1 Å². The van der Waals surface area contributed by atoms with Gasteiger partial charge in [-0.3, -0.25) is 9.59 Å². The predicted molar refractivity (Wildman–Crippen MR) is 32.3 cm³/mol. The summed E-state index contributed by atoms with van der Waals surface area (Å²) in [7, 11) is 0. The van der Waals surface area contributed by atoms with Crippen molar-refractivity contribution in [1.29, 1.82) is 0 Å². The highest BCUT2D eigenvalue weighted by Crippen LogP contribution is 1.86. The Morgan fingerprint density at radius 1 is 1.17 bits per heavy atom. The summed E-state index contributed by atoms with van der Waals surface area (Å²) in [6, 6.07) is 0. The van der Waals surface area contributed by atoms with Crippen LogP contribution in [0.3, 0.4) is 0 Å². The molecule has 12 heavy (non-hydrogen) atoms. The Hall–Kier alpha value is -1.86. The van der Waals surface area contributed by atoms with Gasteiger partial charge in [-0.2, -0.15) is 0 Å². The number of carboxylic acid groups (broad SMARTS) is 2. The predicted octanol–water partition coefficient (Wildman–Crippen LogP) is -1.46. The van der Waals surface area contributed by atoms with Crippen LogP contribution in [-0.4, -0.2) is 50.5 Å². The number of rotatable bonds is 5. The van der Waals surface area contributed by atoms with Crippen LogP contribution in [0.4, 0.5) is 0 Å². The molecular formula is C4H7N2O6+. The van der Waals surface area contributed by atoms with Gasteiger partial charge in [0.1, 0.15) is 4.91 Å². The molecule has 0 atom stereocenters. The largest absolute Gasteiger partial charge is 0.480 e. The molecular weight excluding hydrogens is 172 g/mol. The van der Waals surface area contributed by atoms with E-state index in [0.717, 1.165) is 0 Å². The molecule has 0 spiro atoms. The molecule has 0 saturated carbocycles. The number of nitrogens with zero attached hydrogens (tertiary/aromatic N) is 2. The Kier molecular flexibility index (Phi) is 3.47. The van der Waals surface area contributed by atoms with Gasteiger partial charge in [-0.15, -0.1) is 0 Å². The van der Waals surface area contributed by atoms with Gasteiger partial charge in [0.05, 0.1) is 0 Å². The number of hydrogen-bond acceptors (Lipinski definition) is 3. The fraction of sp³-hybridized carbons (Fsp3) is 0.500. The van der Waals surface area contributed by atoms with Crippen LogP contribution in [0.25, 0.3) is 0 Å². The van der Waals surface area contributed by atoms with Gasteiger partial charge >= 0.3 is 17.0 Å². The number of carboxylic acids is 2. The van der Waals surface area contributed by atoms with E-state index in [1.165, 1.54) is 0 Å². The van der Waals surface area contributed by atoms with Crippen molar-refractivity contribution >= 4 is 11.9 Å². The zero-order chi connectivity index (χ0) is 9.72. The Morgan fingerprint density at radius 2 is 1.50 bits per heavy atom. The van der Waals surface area contributed by atoms with E-state index in [2.05, 4.69) is 0 Å². The maximum Gasteiger partial charge on any atom is 0.358 e. The number of hydrazine groups is 1. The van der Waals surface area contributed by atoms with Crippen molar-refractivity contribution in [2.24, 2.45) is 0 Å². The van der Waals surface area contributed by atoms with Crippen molar-refractivity contribution in [3.8, 4) is 0 Å². The van der Waals surface area contributed by atoms with Crippen molar-refractivity contribution in [3.05, 3.63) is 4.91 Å². The first-order valence-corrected chi connectivity index (χ1v) is 2.78. The Labute approximate surface area is 66.1 Å². The van der Waals surface area contributed by atoms with Gasteiger partial charge in [0.15, 0.2) is 13.1 Å². The summed E-state index contributed by atoms with van der Waals surface area (Å²) in [4.78, 5) is 30.1. The van der Waals surface area contributed by atoms with Crippen molar-refractivity contribution in [2.45, 2.75) is 0 Å². The van der Waals surface area contributed by atoms with E-state index in [0.29, 0.717) is 0 Å². The Balaban J connectivity index is 4.14.